The molecule has 1 N–H and O–H groups in total. The fourth-order valence-corrected chi connectivity index (χ4v) is 1.82. The molecule has 0 saturated carbocycles. The summed E-state index contributed by atoms with van der Waals surface area (Å²) in [6.45, 7) is 2.01. The molecular formula is C12H15N5O2. The Kier molecular flexibility index (Phi) is 4.17. The van der Waals surface area contributed by atoms with Gasteiger partial charge in [-0.3, -0.25) is 4.98 Å². The minimum atomic E-state index is -0.932. The molecule has 2 rings (SSSR count). The maximum Gasteiger partial charge on any atom is 0.328 e. The molecule has 2 aromatic rings. The second-order valence-electron chi connectivity index (χ2n) is 4.16. The zero-order chi connectivity index (χ0) is 13.7. The van der Waals surface area contributed by atoms with E-state index in [1.54, 1.807) is 18.3 Å². The van der Waals surface area contributed by atoms with Crippen LogP contribution in [0.2, 0.25) is 0 Å². The molecule has 1 unspecified atom stereocenters. The lowest BCUT2D eigenvalue weighted by Crippen LogP contribution is -2.21. The van der Waals surface area contributed by atoms with Crippen LogP contribution in [-0.2, 0) is 4.79 Å². The molecule has 0 aliphatic rings. The minimum Gasteiger partial charge on any atom is -0.480 e. The Morgan fingerprint density at radius 1 is 1.47 bits per heavy atom. The van der Waals surface area contributed by atoms with E-state index < -0.39 is 12.0 Å². The third-order valence-corrected chi connectivity index (χ3v) is 2.80. The van der Waals surface area contributed by atoms with Crippen LogP contribution in [0.4, 0.5) is 0 Å². The predicted octanol–water partition coefficient (Wildman–Crippen LogP) is 1.55. The van der Waals surface area contributed by atoms with E-state index in [0.717, 1.165) is 12.8 Å². The van der Waals surface area contributed by atoms with Crippen LogP contribution in [0.3, 0.4) is 0 Å². The number of pyridine rings is 1. The average Bonchev–Trinajstić information content (AvgIpc) is 2.89. The third kappa shape index (κ3) is 2.93. The van der Waals surface area contributed by atoms with Gasteiger partial charge in [-0.15, -0.1) is 5.10 Å². The first-order chi connectivity index (χ1) is 9.24. The average molecular weight is 261 g/mol. The molecule has 0 aromatic carbocycles. The van der Waals surface area contributed by atoms with Gasteiger partial charge in [0, 0.05) is 6.20 Å². The maximum atomic E-state index is 11.4. The van der Waals surface area contributed by atoms with Crippen LogP contribution in [-0.4, -0.2) is 36.3 Å². The van der Waals surface area contributed by atoms with Gasteiger partial charge in [0.15, 0.2) is 6.04 Å². The van der Waals surface area contributed by atoms with E-state index in [-0.39, 0.29) is 0 Å². The van der Waals surface area contributed by atoms with E-state index in [0.29, 0.717) is 17.9 Å². The number of aliphatic carboxylic acids is 1. The van der Waals surface area contributed by atoms with E-state index in [9.17, 15) is 9.90 Å². The number of hydrogen-bond donors (Lipinski definition) is 1. The van der Waals surface area contributed by atoms with Crippen LogP contribution in [0.1, 0.15) is 32.2 Å². The molecule has 2 heterocycles. The molecule has 7 heteroatoms. The summed E-state index contributed by atoms with van der Waals surface area (Å²) in [7, 11) is 0. The Bertz CT molecular complexity index is 540. The third-order valence-electron chi connectivity index (χ3n) is 2.80. The van der Waals surface area contributed by atoms with E-state index in [1.807, 2.05) is 13.0 Å². The summed E-state index contributed by atoms with van der Waals surface area (Å²) in [4.78, 5) is 15.5. The molecular weight excluding hydrogens is 246 g/mol. The van der Waals surface area contributed by atoms with Crippen molar-refractivity contribution in [3.63, 3.8) is 0 Å². The molecule has 1 atom stereocenters. The predicted molar refractivity (Wildman–Crippen MR) is 67.2 cm³/mol. The molecule has 0 saturated heterocycles. The minimum absolute atomic E-state index is 0.379. The van der Waals surface area contributed by atoms with E-state index in [4.69, 9.17) is 0 Å². The van der Waals surface area contributed by atoms with Crippen molar-refractivity contribution >= 4 is 5.97 Å². The smallest absolute Gasteiger partial charge is 0.328 e. The molecule has 7 nitrogen and oxygen atoms in total. The molecule has 0 spiro atoms. The molecule has 0 aliphatic heterocycles. The van der Waals surface area contributed by atoms with Crippen molar-refractivity contribution in [2.75, 3.05) is 0 Å². The van der Waals surface area contributed by atoms with E-state index in [2.05, 4.69) is 20.5 Å². The summed E-state index contributed by atoms with van der Waals surface area (Å²) >= 11 is 0. The molecule has 0 fully saturated rings. The fourth-order valence-electron chi connectivity index (χ4n) is 1.82. The highest BCUT2D eigenvalue weighted by Crippen LogP contribution is 2.20. The molecule has 0 aliphatic carbocycles. The lowest BCUT2D eigenvalue weighted by molar-refractivity contribution is -0.141. The number of carbonyl (C=O) groups is 1. The van der Waals surface area contributed by atoms with Crippen molar-refractivity contribution in [3.05, 3.63) is 24.4 Å². The lowest BCUT2D eigenvalue weighted by Gasteiger charge is -2.13. The van der Waals surface area contributed by atoms with E-state index in [1.165, 1.54) is 4.68 Å². The van der Waals surface area contributed by atoms with Gasteiger partial charge in [0.05, 0.1) is 0 Å². The van der Waals surface area contributed by atoms with Crippen LogP contribution >= 0.6 is 0 Å². The number of unbranched alkanes of at least 4 members (excludes halogenated alkanes) is 1. The largest absolute Gasteiger partial charge is 0.480 e. The molecule has 0 radical (unpaired) electrons. The van der Waals surface area contributed by atoms with Gasteiger partial charge in [0.25, 0.3) is 0 Å². The van der Waals surface area contributed by atoms with Crippen LogP contribution in [0.5, 0.6) is 0 Å². The van der Waals surface area contributed by atoms with Gasteiger partial charge in [-0.25, -0.2) is 9.48 Å². The highest BCUT2D eigenvalue weighted by molar-refractivity contribution is 5.72. The van der Waals surface area contributed by atoms with Crippen molar-refractivity contribution in [1.82, 2.24) is 25.2 Å². The SMILES string of the molecule is CCCCC(C(=O)O)n1nnnc1-c1ccccn1. The Hall–Kier alpha value is -2.31. The molecule has 2 aromatic heterocycles. The second kappa shape index (κ2) is 6.03. The summed E-state index contributed by atoms with van der Waals surface area (Å²) in [5.41, 5.74) is 0.565. The Morgan fingerprint density at radius 2 is 2.32 bits per heavy atom. The molecule has 0 bridgehead atoms. The van der Waals surface area contributed by atoms with Crippen molar-refractivity contribution in [1.29, 1.82) is 0 Å². The number of aromatic nitrogens is 5. The number of tetrazole rings is 1. The summed E-state index contributed by atoms with van der Waals surface area (Å²) in [6.07, 6.45) is 3.84. The zero-order valence-electron chi connectivity index (χ0n) is 10.6. The lowest BCUT2D eigenvalue weighted by atomic mass is 10.1. The first kappa shape index (κ1) is 13.1. The van der Waals surface area contributed by atoms with Crippen LogP contribution in [0.15, 0.2) is 24.4 Å². The summed E-state index contributed by atoms with van der Waals surface area (Å²) in [5, 5.41) is 20.6. The van der Waals surface area contributed by atoms with E-state index >= 15 is 0 Å². The zero-order valence-corrected chi connectivity index (χ0v) is 10.6. The molecule has 0 amide bonds. The summed E-state index contributed by atoms with van der Waals surface area (Å²) in [5.74, 6) is -0.554. The topological polar surface area (TPSA) is 93.8 Å². The van der Waals surface area contributed by atoms with Gasteiger partial charge in [0.2, 0.25) is 5.82 Å². The van der Waals surface area contributed by atoms with Gasteiger partial charge in [0.1, 0.15) is 5.69 Å². The maximum absolute atomic E-state index is 11.4. The normalized spacial score (nSPS) is 12.3. The number of nitrogens with zero attached hydrogens (tertiary/aromatic N) is 5. The number of hydrogen-bond acceptors (Lipinski definition) is 5. The van der Waals surface area contributed by atoms with Crippen molar-refractivity contribution in [2.24, 2.45) is 0 Å². The Balaban J connectivity index is 2.34. The monoisotopic (exact) mass is 261 g/mol. The summed E-state index contributed by atoms with van der Waals surface area (Å²) in [6, 6.07) is 4.58. The first-order valence-electron chi connectivity index (χ1n) is 6.16. The van der Waals surface area contributed by atoms with Gasteiger partial charge in [-0.05, 0) is 29.0 Å². The van der Waals surface area contributed by atoms with Crippen molar-refractivity contribution in [2.45, 2.75) is 32.2 Å². The van der Waals surface area contributed by atoms with Crippen molar-refractivity contribution < 1.29 is 9.90 Å². The van der Waals surface area contributed by atoms with Gasteiger partial charge in [-0.2, -0.15) is 0 Å². The molecule has 100 valence electrons. The number of carboxylic acid groups (broad SMARTS) is 1. The summed E-state index contributed by atoms with van der Waals surface area (Å²) < 4.78 is 1.33. The molecule has 19 heavy (non-hydrogen) atoms. The van der Waals surface area contributed by atoms with Gasteiger partial charge < -0.3 is 5.11 Å². The first-order valence-corrected chi connectivity index (χ1v) is 6.16. The highest BCUT2D eigenvalue weighted by atomic mass is 16.4. The Labute approximate surface area is 110 Å². The second-order valence-corrected chi connectivity index (χ2v) is 4.16. The van der Waals surface area contributed by atoms with Gasteiger partial charge >= 0.3 is 5.97 Å². The van der Waals surface area contributed by atoms with Crippen LogP contribution in [0.25, 0.3) is 11.5 Å². The Morgan fingerprint density at radius 3 is 2.95 bits per heavy atom. The van der Waals surface area contributed by atoms with Crippen LogP contribution in [0, 0.1) is 0 Å². The fraction of sp³-hybridized carbons (Fsp3) is 0.417. The van der Waals surface area contributed by atoms with Gasteiger partial charge in [-0.1, -0.05) is 25.8 Å². The van der Waals surface area contributed by atoms with Crippen LogP contribution < -0.4 is 0 Å². The number of carboxylic acids is 1. The number of rotatable bonds is 6. The quantitative estimate of drug-likeness (QED) is 0.847. The standard InChI is InChI=1S/C12H15N5O2/c1-2-3-7-10(12(18)19)17-11(14-15-16-17)9-6-4-5-8-13-9/h4-6,8,10H,2-3,7H2,1H3,(H,18,19). The van der Waals surface area contributed by atoms with Crippen molar-refractivity contribution in [3.8, 4) is 11.5 Å². The highest BCUT2D eigenvalue weighted by Gasteiger charge is 2.24.